The summed E-state index contributed by atoms with van der Waals surface area (Å²) in [7, 11) is 1.52. The third kappa shape index (κ3) is 3.48. The number of hydrogen-bond donors (Lipinski definition) is 1. The van der Waals surface area contributed by atoms with Crippen LogP contribution in [0.3, 0.4) is 0 Å². The van der Waals surface area contributed by atoms with E-state index in [-0.39, 0.29) is 17.6 Å². The van der Waals surface area contributed by atoms with Crippen molar-refractivity contribution in [1.29, 1.82) is 0 Å². The van der Waals surface area contributed by atoms with Gasteiger partial charge in [0, 0.05) is 6.42 Å². The first-order valence-corrected chi connectivity index (χ1v) is 9.49. The second kappa shape index (κ2) is 7.32. The second-order valence-corrected chi connectivity index (χ2v) is 7.39. The Morgan fingerprint density at radius 3 is 2.63 bits per heavy atom. The Morgan fingerprint density at radius 1 is 1.11 bits per heavy atom. The number of amides is 1. The number of carbonyl (C=O) groups is 2. The molecular weight excluding hydrogens is 360 g/mol. The number of hydrogen-bond acceptors (Lipinski definition) is 5. The molecule has 4 rings (SSSR count). The molecule has 1 atom stereocenters. The predicted molar refractivity (Wildman–Crippen MR) is 105 cm³/mol. The number of Topliss-reactive ketones (excluding diaryl/α,β-unsaturated/α-hetero) is 1. The summed E-state index contributed by atoms with van der Waals surface area (Å²) in [4.78, 5) is 30.3. The molecule has 0 bridgehead atoms. The van der Waals surface area contributed by atoms with Gasteiger partial charge in [0.1, 0.15) is 5.75 Å². The quantitative estimate of drug-likeness (QED) is 0.734. The fourth-order valence-electron chi connectivity index (χ4n) is 3.34. The Kier molecular flexibility index (Phi) is 4.73. The van der Waals surface area contributed by atoms with E-state index in [4.69, 9.17) is 4.74 Å². The SMILES string of the molecule is COc1ccccc1C(=O)Nc1nc2c(s1)C(=O)CC(c1ccccc1)C2. The van der Waals surface area contributed by atoms with Crippen LogP contribution in [0.1, 0.15) is 43.6 Å². The number of aromatic nitrogens is 1. The molecule has 1 aliphatic rings. The van der Waals surface area contributed by atoms with Gasteiger partial charge in [0.2, 0.25) is 0 Å². The Morgan fingerprint density at radius 2 is 1.85 bits per heavy atom. The molecule has 1 N–H and O–H groups in total. The molecule has 0 radical (unpaired) electrons. The van der Waals surface area contributed by atoms with Crippen LogP contribution < -0.4 is 10.1 Å². The van der Waals surface area contributed by atoms with Gasteiger partial charge < -0.3 is 4.74 Å². The molecule has 0 saturated carbocycles. The zero-order chi connectivity index (χ0) is 18.8. The summed E-state index contributed by atoms with van der Waals surface area (Å²) in [5.74, 6) is 0.411. The van der Waals surface area contributed by atoms with Crippen molar-refractivity contribution in [2.24, 2.45) is 0 Å². The maximum atomic E-state index is 12.6. The first-order valence-electron chi connectivity index (χ1n) is 8.68. The molecule has 3 aromatic rings. The molecule has 6 heteroatoms. The average molecular weight is 378 g/mol. The van der Waals surface area contributed by atoms with E-state index >= 15 is 0 Å². The highest BCUT2D eigenvalue weighted by atomic mass is 32.1. The van der Waals surface area contributed by atoms with Crippen LogP contribution in [0.2, 0.25) is 0 Å². The topological polar surface area (TPSA) is 68.3 Å². The summed E-state index contributed by atoms with van der Waals surface area (Å²) in [5, 5.41) is 3.24. The molecule has 0 aliphatic heterocycles. The first kappa shape index (κ1) is 17.4. The molecule has 5 nitrogen and oxygen atoms in total. The zero-order valence-corrected chi connectivity index (χ0v) is 15.6. The summed E-state index contributed by atoms with van der Waals surface area (Å²) >= 11 is 1.24. The molecule has 0 fully saturated rings. The summed E-state index contributed by atoms with van der Waals surface area (Å²) in [6, 6.07) is 17.0. The molecule has 1 aromatic heterocycles. The second-order valence-electron chi connectivity index (χ2n) is 6.39. The van der Waals surface area contributed by atoms with Crippen LogP contribution in [0, 0.1) is 0 Å². The van der Waals surface area contributed by atoms with Crippen molar-refractivity contribution in [3.8, 4) is 5.75 Å². The Bertz CT molecular complexity index is 998. The van der Waals surface area contributed by atoms with Gasteiger partial charge >= 0.3 is 0 Å². The number of carbonyl (C=O) groups excluding carboxylic acids is 2. The van der Waals surface area contributed by atoms with Gasteiger partial charge in [-0.1, -0.05) is 53.8 Å². The molecule has 27 heavy (non-hydrogen) atoms. The van der Waals surface area contributed by atoms with Crippen molar-refractivity contribution in [2.45, 2.75) is 18.8 Å². The minimum atomic E-state index is -0.300. The van der Waals surface area contributed by atoms with E-state index in [9.17, 15) is 9.59 Å². The van der Waals surface area contributed by atoms with Gasteiger partial charge in [0.05, 0.1) is 23.2 Å². The molecule has 2 aromatic carbocycles. The van der Waals surface area contributed by atoms with Crippen LogP contribution in [0.4, 0.5) is 5.13 Å². The first-order chi connectivity index (χ1) is 13.2. The third-order valence-corrected chi connectivity index (χ3v) is 5.72. The zero-order valence-electron chi connectivity index (χ0n) is 14.8. The van der Waals surface area contributed by atoms with Crippen LogP contribution in [-0.2, 0) is 6.42 Å². The van der Waals surface area contributed by atoms with E-state index in [1.807, 2.05) is 30.3 Å². The van der Waals surface area contributed by atoms with E-state index in [0.717, 1.165) is 11.3 Å². The number of fused-ring (bicyclic) bond motifs is 1. The minimum absolute atomic E-state index is 0.0837. The maximum absolute atomic E-state index is 12.6. The van der Waals surface area contributed by atoms with Crippen molar-refractivity contribution in [3.63, 3.8) is 0 Å². The van der Waals surface area contributed by atoms with Crippen molar-refractivity contribution in [3.05, 3.63) is 76.3 Å². The number of rotatable bonds is 4. The molecule has 136 valence electrons. The number of nitrogens with zero attached hydrogens (tertiary/aromatic N) is 1. The highest BCUT2D eigenvalue weighted by Crippen LogP contribution is 2.36. The van der Waals surface area contributed by atoms with E-state index < -0.39 is 0 Å². The Labute approximate surface area is 161 Å². The van der Waals surface area contributed by atoms with Crippen molar-refractivity contribution in [2.75, 3.05) is 12.4 Å². The Hall–Kier alpha value is -2.99. The van der Waals surface area contributed by atoms with Gasteiger partial charge in [0.25, 0.3) is 5.91 Å². The normalized spacial score (nSPS) is 15.9. The van der Waals surface area contributed by atoms with Gasteiger partial charge in [-0.3, -0.25) is 14.9 Å². The lowest BCUT2D eigenvalue weighted by molar-refractivity contribution is 0.0967. The lowest BCUT2D eigenvalue weighted by Gasteiger charge is -2.20. The fraction of sp³-hybridized carbons (Fsp3) is 0.190. The van der Waals surface area contributed by atoms with Crippen molar-refractivity contribution in [1.82, 2.24) is 4.98 Å². The predicted octanol–water partition coefficient (Wildman–Crippen LogP) is 4.32. The fourth-order valence-corrected chi connectivity index (χ4v) is 4.28. The molecule has 1 unspecified atom stereocenters. The lowest BCUT2D eigenvalue weighted by atomic mass is 9.85. The lowest BCUT2D eigenvalue weighted by Crippen LogP contribution is -2.17. The van der Waals surface area contributed by atoms with Crippen LogP contribution in [0.15, 0.2) is 54.6 Å². The number of benzene rings is 2. The van der Waals surface area contributed by atoms with Gasteiger partial charge in [-0.2, -0.15) is 0 Å². The van der Waals surface area contributed by atoms with Crippen molar-refractivity contribution < 1.29 is 14.3 Å². The molecule has 1 amide bonds. The highest BCUT2D eigenvalue weighted by molar-refractivity contribution is 7.17. The minimum Gasteiger partial charge on any atom is -0.496 e. The number of ether oxygens (including phenoxy) is 1. The largest absolute Gasteiger partial charge is 0.496 e. The van der Waals surface area contributed by atoms with Gasteiger partial charge in [0.15, 0.2) is 10.9 Å². The number of methoxy groups -OCH3 is 1. The molecule has 0 spiro atoms. The number of thiazole rings is 1. The summed E-state index contributed by atoms with van der Waals surface area (Å²) < 4.78 is 5.23. The van der Waals surface area contributed by atoms with E-state index in [1.54, 1.807) is 24.3 Å². The van der Waals surface area contributed by atoms with Crippen LogP contribution >= 0.6 is 11.3 Å². The third-order valence-electron chi connectivity index (χ3n) is 4.67. The van der Waals surface area contributed by atoms with Crippen LogP contribution in [-0.4, -0.2) is 23.8 Å². The summed E-state index contributed by atoms with van der Waals surface area (Å²) in [5.41, 5.74) is 2.34. The van der Waals surface area contributed by atoms with Gasteiger partial charge in [-0.05, 0) is 30.0 Å². The van der Waals surface area contributed by atoms with E-state index in [2.05, 4.69) is 10.3 Å². The standard InChI is InChI=1S/C21H18N2O3S/c1-26-18-10-6-5-9-15(18)20(25)23-21-22-16-11-14(12-17(24)19(16)27-21)13-7-3-2-4-8-13/h2-10,14H,11-12H2,1H3,(H,22,23,25). The number of anilines is 1. The molecular formula is C21H18N2O3S. The number of nitrogens with one attached hydrogen (secondary N) is 1. The van der Waals surface area contributed by atoms with Gasteiger partial charge in [-0.15, -0.1) is 0 Å². The molecule has 1 heterocycles. The van der Waals surface area contributed by atoms with Gasteiger partial charge in [-0.25, -0.2) is 4.98 Å². The molecule has 0 saturated heterocycles. The highest BCUT2D eigenvalue weighted by Gasteiger charge is 2.30. The molecule has 1 aliphatic carbocycles. The summed E-state index contributed by atoms with van der Waals surface area (Å²) in [6.07, 6.45) is 1.17. The van der Waals surface area contributed by atoms with Crippen LogP contribution in [0.5, 0.6) is 5.75 Å². The van der Waals surface area contributed by atoms with Crippen LogP contribution in [0.25, 0.3) is 0 Å². The Balaban J connectivity index is 1.56. The van der Waals surface area contributed by atoms with Crippen molar-refractivity contribution >= 4 is 28.2 Å². The maximum Gasteiger partial charge on any atom is 0.261 e. The summed E-state index contributed by atoms with van der Waals surface area (Å²) in [6.45, 7) is 0. The average Bonchev–Trinajstić information content (AvgIpc) is 3.11. The number of ketones is 1. The number of para-hydroxylation sites is 1. The monoisotopic (exact) mass is 378 g/mol. The van der Waals surface area contributed by atoms with E-state index in [1.165, 1.54) is 18.4 Å². The smallest absolute Gasteiger partial charge is 0.261 e. The van der Waals surface area contributed by atoms with E-state index in [0.29, 0.717) is 34.2 Å².